The van der Waals surface area contributed by atoms with Gasteiger partial charge in [-0.15, -0.1) is 0 Å². The molecule has 5 atom stereocenters. The monoisotopic (exact) mass is 446 g/mol. The summed E-state index contributed by atoms with van der Waals surface area (Å²) in [5, 5.41) is 42.7. The van der Waals surface area contributed by atoms with Crippen molar-refractivity contribution in [1.29, 1.82) is 0 Å². The highest BCUT2D eigenvalue weighted by Gasteiger charge is 2.44. The summed E-state index contributed by atoms with van der Waals surface area (Å²) in [4.78, 5) is 16.2. The number of benzene rings is 2. The third-order valence-corrected chi connectivity index (χ3v) is 6.04. The number of hydrogen-bond acceptors (Lipinski definition) is 9. The molecule has 1 amide bonds. The first-order chi connectivity index (χ1) is 14.9. The van der Waals surface area contributed by atoms with Crippen molar-refractivity contribution in [2.45, 2.75) is 30.5 Å². The van der Waals surface area contributed by atoms with Gasteiger partial charge in [-0.25, -0.2) is 4.98 Å². The van der Waals surface area contributed by atoms with Gasteiger partial charge < -0.3 is 35.2 Å². The van der Waals surface area contributed by atoms with Crippen molar-refractivity contribution >= 4 is 27.5 Å². The normalized spacial score (nSPS) is 26.0. The van der Waals surface area contributed by atoms with Crippen molar-refractivity contribution in [2.75, 3.05) is 13.7 Å². The number of amides is 1. The van der Waals surface area contributed by atoms with E-state index in [0.29, 0.717) is 27.6 Å². The molecule has 2 aromatic carbocycles. The Morgan fingerprint density at radius 2 is 1.97 bits per heavy atom. The molecule has 10 heteroatoms. The van der Waals surface area contributed by atoms with Crippen LogP contribution in [0.2, 0.25) is 0 Å². The van der Waals surface area contributed by atoms with Crippen LogP contribution < -0.4 is 10.1 Å². The van der Waals surface area contributed by atoms with Gasteiger partial charge in [-0.1, -0.05) is 23.5 Å². The van der Waals surface area contributed by atoms with Crippen molar-refractivity contribution in [3.63, 3.8) is 0 Å². The van der Waals surface area contributed by atoms with Crippen LogP contribution >= 0.6 is 11.3 Å². The fourth-order valence-electron chi connectivity index (χ4n) is 3.47. The summed E-state index contributed by atoms with van der Waals surface area (Å²) in [5.74, 6) is 0.241. The van der Waals surface area contributed by atoms with Gasteiger partial charge in [0.1, 0.15) is 36.3 Å². The molecule has 31 heavy (non-hydrogen) atoms. The van der Waals surface area contributed by atoms with E-state index in [0.717, 1.165) is 4.70 Å². The van der Waals surface area contributed by atoms with Gasteiger partial charge in [0.2, 0.25) is 0 Å². The number of aliphatic hydroxyl groups is 4. The Labute approximate surface area is 181 Å². The van der Waals surface area contributed by atoms with Crippen molar-refractivity contribution in [3.8, 4) is 10.9 Å². The first-order valence-corrected chi connectivity index (χ1v) is 10.4. The Balaban J connectivity index is 1.57. The van der Waals surface area contributed by atoms with Gasteiger partial charge in [0.05, 0.1) is 16.8 Å². The van der Waals surface area contributed by atoms with E-state index in [1.165, 1.54) is 11.3 Å². The molecular formula is C21H22N2O7S. The fraction of sp³-hybridized carbons (Fsp3) is 0.333. The predicted molar refractivity (Wildman–Crippen MR) is 112 cm³/mol. The van der Waals surface area contributed by atoms with E-state index in [-0.39, 0.29) is 5.91 Å². The molecule has 9 nitrogen and oxygen atoms in total. The van der Waals surface area contributed by atoms with E-state index in [2.05, 4.69) is 10.3 Å². The van der Waals surface area contributed by atoms with Crippen LogP contribution in [0.5, 0.6) is 10.9 Å². The molecule has 3 aromatic rings. The molecule has 1 aliphatic rings. The number of aliphatic hydroxyl groups excluding tert-OH is 4. The van der Waals surface area contributed by atoms with Crippen LogP contribution in [0, 0.1) is 0 Å². The molecule has 0 bridgehead atoms. The second kappa shape index (κ2) is 8.87. The summed E-state index contributed by atoms with van der Waals surface area (Å²) in [6, 6.07) is 11.9. The molecule has 0 spiro atoms. The minimum Gasteiger partial charge on any atom is -0.431 e. The summed E-state index contributed by atoms with van der Waals surface area (Å²) in [5.41, 5.74) is 1.73. The van der Waals surface area contributed by atoms with Crippen LogP contribution in [0.15, 0.2) is 42.5 Å². The van der Waals surface area contributed by atoms with E-state index in [9.17, 15) is 25.2 Å². The standard InChI is InChI=1S/C21H22N2O7S/c1-22-20(28)11-5-6-13-15(8-11)31-21(23-13)29-12-4-2-3-10(7-12)19-18(27)17(26)16(25)14(9-24)30-19/h2-8,14,16-19,24-27H,9H2,1H3,(H,22,28)/t14-,16-,17+,18-,19-/m1/s1. The predicted octanol–water partition coefficient (Wildman–Crippen LogP) is 0.963. The number of carbonyl (C=O) groups is 1. The molecule has 0 unspecified atom stereocenters. The Bertz CT molecular complexity index is 1090. The van der Waals surface area contributed by atoms with Crippen LogP contribution in [0.25, 0.3) is 10.2 Å². The van der Waals surface area contributed by atoms with Gasteiger partial charge in [-0.05, 0) is 35.9 Å². The summed E-state index contributed by atoms with van der Waals surface area (Å²) >= 11 is 1.28. The average molecular weight is 446 g/mol. The number of hydrogen-bond donors (Lipinski definition) is 5. The molecule has 0 saturated carbocycles. The Hall–Kier alpha value is -2.60. The number of fused-ring (bicyclic) bond motifs is 1. The average Bonchev–Trinajstić information content (AvgIpc) is 3.18. The van der Waals surface area contributed by atoms with Gasteiger partial charge in [0.25, 0.3) is 11.1 Å². The van der Waals surface area contributed by atoms with Gasteiger partial charge in [-0.2, -0.15) is 0 Å². The van der Waals surface area contributed by atoms with Crippen molar-refractivity contribution in [2.24, 2.45) is 0 Å². The summed E-state index contributed by atoms with van der Waals surface area (Å²) in [7, 11) is 1.57. The molecule has 1 saturated heterocycles. The molecule has 1 aromatic heterocycles. The summed E-state index contributed by atoms with van der Waals surface area (Å²) < 4.78 is 12.3. The lowest BCUT2D eigenvalue weighted by Gasteiger charge is -2.40. The van der Waals surface area contributed by atoms with E-state index >= 15 is 0 Å². The summed E-state index contributed by atoms with van der Waals surface area (Å²) in [6.45, 7) is -0.499. The smallest absolute Gasteiger partial charge is 0.279 e. The molecule has 0 aliphatic carbocycles. The zero-order chi connectivity index (χ0) is 22.1. The highest BCUT2D eigenvalue weighted by atomic mass is 32.1. The van der Waals surface area contributed by atoms with Gasteiger partial charge in [-0.3, -0.25) is 4.79 Å². The van der Waals surface area contributed by atoms with E-state index in [4.69, 9.17) is 9.47 Å². The minimum absolute atomic E-state index is 0.190. The molecule has 4 rings (SSSR count). The highest BCUT2D eigenvalue weighted by Crippen LogP contribution is 2.36. The molecule has 5 N–H and O–H groups in total. The number of rotatable bonds is 5. The first kappa shape index (κ1) is 21.6. The zero-order valence-electron chi connectivity index (χ0n) is 16.5. The number of aromatic nitrogens is 1. The van der Waals surface area contributed by atoms with E-state index < -0.39 is 37.1 Å². The molecular weight excluding hydrogens is 424 g/mol. The zero-order valence-corrected chi connectivity index (χ0v) is 17.3. The molecule has 1 aliphatic heterocycles. The number of nitrogens with zero attached hydrogens (tertiary/aromatic N) is 1. The SMILES string of the molecule is CNC(=O)c1ccc2nc(Oc3cccc([C@H]4O[C@H](CO)[C@@H](O)[C@H](O)[C@H]4O)c3)sc2c1. The van der Waals surface area contributed by atoms with Gasteiger partial charge >= 0.3 is 0 Å². The molecule has 0 radical (unpaired) electrons. The number of nitrogens with one attached hydrogen (secondary N) is 1. The molecule has 164 valence electrons. The second-order valence-corrected chi connectivity index (χ2v) is 8.16. The largest absolute Gasteiger partial charge is 0.431 e. The molecule has 2 heterocycles. The number of carbonyl (C=O) groups excluding carboxylic acids is 1. The fourth-order valence-corrected chi connectivity index (χ4v) is 4.34. The van der Waals surface area contributed by atoms with Crippen molar-refractivity contribution < 1.29 is 34.7 Å². The lowest BCUT2D eigenvalue weighted by molar-refractivity contribution is -0.231. The lowest BCUT2D eigenvalue weighted by atomic mass is 9.91. The maximum atomic E-state index is 11.8. The lowest BCUT2D eigenvalue weighted by Crippen LogP contribution is -2.55. The van der Waals surface area contributed by atoms with Crippen LogP contribution in [0.3, 0.4) is 0 Å². The van der Waals surface area contributed by atoms with Gasteiger partial charge in [0.15, 0.2) is 0 Å². The maximum absolute atomic E-state index is 11.8. The van der Waals surface area contributed by atoms with E-state index in [1.807, 2.05) is 0 Å². The quantitative estimate of drug-likeness (QED) is 0.390. The first-order valence-electron chi connectivity index (χ1n) is 9.62. The maximum Gasteiger partial charge on any atom is 0.279 e. The van der Waals surface area contributed by atoms with Crippen LogP contribution in [-0.2, 0) is 4.74 Å². The number of ether oxygens (including phenoxy) is 2. The highest BCUT2D eigenvalue weighted by molar-refractivity contribution is 7.20. The van der Waals surface area contributed by atoms with Gasteiger partial charge in [0, 0.05) is 12.6 Å². The van der Waals surface area contributed by atoms with Crippen molar-refractivity contribution in [1.82, 2.24) is 10.3 Å². The van der Waals surface area contributed by atoms with Crippen LogP contribution in [0.1, 0.15) is 22.0 Å². The Morgan fingerprint density at radius 3 is 2.71 bits per heavy atom. The van der Waals surface area contributed by atoms with E-state index in [1.54, 1.807) is 49.5 Å². The van der Waals surface area contributed by atoms with Crippen LogP contribution in [-0.4, -0.2) is 69.4 Å². The summed E-state index contributed by atoms with van der Waals surface area (Å²) in [6.07, 6.45) is -6.20. The minimum atomic E-state index is -1.46. The Kier molecular flexibility index (Phi) is 6.19. The topological polar surface area (TPSA) is 141 Å². The second-order valence-electron chi connectivity index (χ2n) is 7.17. The third-order valence-electron chi connectivity index (χ3n) is 5.14. The Morgan fingerprint density at radius 1 is 1.16 bits per heavy atom. The third kappa shape index (κ3) is 4.26. The number of thiazole rings is 1. The van der Waals surface area contributed by atoms with Crippen molar-refractivity contribution in [3.05, 3.63) is 53.6 Å². The van der Waals surface area contributed by atoms with Crippen LogP contribution in [0.4, 0.5) is 0 Å². The molecule has 1 fully saturated rings.